The van der Waals surface area contributed by atoms with Crippen LogP contribution in [0, 0.1) is 6.92 Å². The highest BCUT2D eigenvalue weighted by Gasteiger charge is 2.25. The van der Waals surface area contributed by atoms with Gasteiger partial charge in [-0.05, 0) is 50.6 Å². The molecule has 3 rings (SSSR count). The molecule has 6 heteroatoms. The van der Waals surface area contributed by atoms with Crippen LogP contribution in [0.3, 0.4) is 0 Å². The third-order valence-electron chi connectivity index (χ3n) is 4.21. The molecule has 1 aliphatic heterocycles. The molecule has 1 unspecified atom stereocenters. The predicted octanol–water partition coefficient (Wildman–Crippen LogP) is 3.17. The summed E-state index contributed by atoms with van der Waals surface area (Å²) in [5, 5.41) is 0. The summed E-state index contributed by atoms with van der Waals surface area (Å²) in [6.07, 6.45) is 2.36. The van der Waals surface area contributed by atoms with Gasteiger partial charge in [0, 0.05) is 17.5 Å². The smallest absolute Gasteiger partial charge is 0.250 e. The van der Waals surface area contributed by atoms with Gasteiger partial charge in [-0.1, -0.05) is 30.3 Å². The highest BCUT2D eigenvalue weighted by molar-refractivity contribution is 7.91. The fourth-order valence-electron chi connectivity index (χ4n) is 3.00. The molecule has 0 amide bonds. The SMILES string of the molecule is Cc1ccc(S(=O)(=O)NCC(c2ccccc2)N2CCCC2)s1. The molecule has 0 aliphatic carbocycles. The average Bonchev–Trinajstić information content (AvgIpc) is 3.20. The number of sulfonamides is 1. The zero-order valence-corrected chi connectivity index (χ0v) is 14.9. The van der Waals surface area contributed by atoms with Gasteiger partial charge in [0.05, 0.1) is 0 Å². The molecule has 1 aliphatic rings. The van der Waals surface area contributed by atoms with E-state index in [2.05, 4.69) is 21.8 Å². The molecule has 2 aromatic rings. The molecule has 4 nitrogen and oxygen atoms in total. The summed E-state index contributed by atoms with van der Waals surface area (Å²) in [5.74, 6) is 0. The number of rotatable bonds is 6. The molecular weight excluding hydrogens is 328 g/mol. The van der Waals surface area contributed by atoms with E-state index in [0.29, 0.717) is 10.8 Å². The molecule has 23 heavy (non-hydrogen) atoms. The molecule has 124 valence electrons. The lowest BCUT2D eigenvalue weighted by atomic mass is 10.1. The van der Waals surface area contributed by atoms with Gasteiger partial charge in [-0.15, -0.1) is 11.3 Å². The molecule has 1 N–H and O–H groups in total. The number of benzene rings is 1. The number of thiophene rings is 1. The zero-order chi connectivity index (χ0) is 16.3. The highest BCUT2D eigenvalue weighted by Crippen LogP contribution is 2.26. The Hall–Kier alpha value is -1.21. The Morgan fingerprint density at radius 1 is 1.13 bits per heavy atom. The fourth-order valence-corrected chi connectivity index (χ4v) is 5.37. The van der Waals surface area contributed by atoms with Crippen molar-refractivity contribution < 1.29 is 8.42 Å². The van der Waals surface area contributed by atoms with Crippen LogP contribution in [-0.2, 0) is 10.0 Å². The van der Waals surface area contributed by atoms with E-state index in [1.807, 2.05) is 31.2 Å². The minimum absolute atomic E-state index is 0.0922. The van der Waals surface area contributed by atoms with Crippen molar-refractivity contribution >= 4 is 21.4 Å². The van der Waals surface area contributed by atoms with Crippen LogP contribution < -0.4 is 4.72 Å². The van der Waals surface area contributed by atoms with E-state index in [9.17, 15) is 8.42 Å². The summed E-state index contributed by atoms with van der Waals surface area (Å²) in [6.45, 7) is 4.38. The highest BCUT2D eigenvalue weighted by atomic mass is 32.2. The van der Waals surface area contributed by atoms with Crippen LogP contribution in [0.15, 0.2) is 46.7 Å². The van der Waals surface area contributed by atoms with Gasteiger partial charge in [-0.2, -0.15) is 0 Å². The molecular formula is C17H22N2O2S2. The summed E-state index contributed by atoms with van der Waals surface area (Å²) in [6, 6.07) is 13.8. The Kier molecular flexibility index (Phi) is 5.16. The molecule has 0 spiro atoms. The van der Waals surface area contributed by atoms with E-state index in [0.717, 1.165) is 18.0 Å². The maximum absolute atomic E-state index is 12.5. The molecule has 0 radical (unpaired) electrons. The molecule has 1 aromatic heterocycles. The van der Waals surface area contributed by atoms with E-state index < -0.39 is 10.0 Å². The molecule has 1 fully saturated rings. The van der Waals surface area contributed by atoms with E-state index in [-0.39, 0.29) is 6.04 Å². The van der Waals surface area contributed by atoms with Crippen molar-refractivity contribution in [1.82, 2.24) is 9.62 Å². The van der Waals surface area contributed by atoms with Crippen LogP contribution in [0.25, 0.3) is 0 Å². The van der Waals surface area contributed by atoms with Crippen molar-refractivity contribution in [3.63, 3.8) is 0 Å². The summed E-state index contributed by atoms with van der Waals surface area (Å²) in [7, 11) is -3.43. The lowest BCUT2D eigenvalue weighted by Gasteiger charge is -2.28. The van der Waals surface area contributed by atoms with E-state index in [1.54, 1.807) is 6.07 Å². The van der Waals surface area contributed by atoms with Crippen molar-refractivity contribution in [3.8, 4) is 0 Å². The van der Waals surface area contributed by atoms with Crippen LogP contribution >= 0.6 is 11.3 Å². The monoisotopic (exact) mass is 350 g/mol. The number of hydrogen-bond donors (Lipinski definition) is 1. The zero-order valence-electron chi connectivity index (χ0n) is 13.2. The first-order chi connectivity index (χ1) is 11.1. The minimum Gasteiger partial charge on any atom is -0.295 e. The Bertz CT molecular complexity index is 735. The van der Waals surface area contributed by atoms with Gasteiger partial charge >= 0.3 is 0 Å². The minimum atomic E-state index is -3.43. The van der Waals surface area contributed by atoms with Crippen LogP contribution in [0.2, 0.25) is 0 Å². The first-order valence-electron chi connectivity index (χ1n) is 7.91. The average molecular weight is 351 g/mol. The van der Waals surface area contributed by atoms with Gasteiger partial charge in [-0.3, -0.25) is 4.90 Å². The van der Waals surface area contributed by atoms with Gasteiger partial charge in [0.1, 0.15) is 4.21 Å². The molecule has 0 saturated carbocycles. The van der Waals surface area contributed by atoms with Gasteiger partial charge in [-0.25, -0.2) is 13.1 Å². The van der Waals surface area contributed by atoms with Gasteiger partial charge in [0.2, 0.25) is 10.0 Å². The lowest BCUT2D eigenvalue weighted by Crippen LogP contribution is -2.36. The molecule has 1 aromatic carbocycles. The standard InChI is InChI=1S/C17H22N2O2S2/c1-14-9-10-17(22-14)23(20,21)18-13-16(19-11-5-6-12-19)15-7-3-2-4-8-15/h2-4,7-10,16,18H,5-6,11-13H2,1H3. The molecule has 2 heterocycles. The van der Waals surface area contributed by atoms with Crippen molar-refractivity contribution in [2.24, 2.45) is 0 Å². The van der Waals surface area contributed by atoms with Crippen LogP contribution in [0.5, 0.6) is 0 Å². The predicted molar refractivity (Wildman–Crippen MR) is 94.2 cm³/mol. The third kappa shape index (κ3) is 4.01. The van der Waals surface area contributed by atoms with Gasteiger partial charge in [0.15, 0.2) is 0 Å². The summed E-state index contributed by atoms with van der Waals surface area (Å²) in [4.78, 5) is 3.38. The summed E-state index contributed by atoms with van der Waals surface area (Å²) < 4.78 is 28.2. The quantitative estimate of drug-likeness (QED) is 0.870. The van der Waals surface area contributed by atoms with Gasteiger partial charge < -0.3 is 0 Å². The molecule has 1 atom stereocenters. The second kappa shape index (κ2) is 7.13. The number of likely N-dealkylation sites (tertiary alicyclic amines) is 1. The fraction of sp³-hybridized carbons (Fsp3) is 0.412. The first kappa shape index (κ1) is 16.6. The number of nitrogens with one attached hydrogen (secondary N) is 1. The number of hydrogen-bond acceptors (Lipinski definition) is 4. The largest absolute Gasteiger partial charge is 0.295 e. The van der Waals surface area contributed by atoms with Crippen LogP contribution in [-0.4, -0.2) is 33.0 Å². The Morgan fingerprint density at radius 3 is 2.43 bits per heavy atom. The van der Waals surface area contributed by atoms with E-state index in [4.69, 9.17) is 0 Å². The number of nitrogens with zero attached hydrogens (tertiary/aromatic N) is 1. The summed E-state index contributed by atoms with van der Waals surface area (Å²) >= 11 is 1.31. The van der Waals surface area contributed by atoms with E-state index in [1.165, 1.54) is 29.7 Å². The van der Waals surface area contributed by atoms with Crippen LogP contribution in [0.4, 0.5) is 0 Å². The summed E-state index contributed by atoms with van der Waals surface area (Å²) in [5.41, 5.74) is 1.17. The topological polar surface area (TPSA) is 49.4 Å². The second-order valence-electron chi connectivity index (χ2n) is 5.89. The Morgan fingerprint density at radius 2 is 1.83 bits per heavy atom. The second-order valence-corrected chi connectivity index (χ2v) is 9.17. The Labute approximate surface area is 142 Å². The molecule has 1 saturated heterocycles. The maximum atomic E-state index is 12.5. The number of aryl methyl sites for hydroxylation is 1. The maximum Gasteiger partial charge on any atom is 0.250 e. The van der Waals surface area contributed by atoms with E-state index >= 15 is 0 Å². The van der Waals surface area contributed by atoms with Gasteiger partial charge in [0.25, 0.3) is 0 Å². The van der Waals surface area contributed by atoms with Crippen molar-refractivity contribution in [2.75, 3.05) is 19.6 Å². The Balaban J connectivity index is 1.76. The van der Waals surface area contributed by atoms with Crippen LogP contribution in [0.1, 0.15) is 29.3 Å². The van der Waals surface area contributed by atoms with Crippen molar-refractivity contribution in [1.29, 1.82) is 0 Å². The van der Waals surface area contributed by atoms with Crippen molar-refractivity contribution in [2.45, 2.75) is 30.0 Å². The normalized spacial score (nSPS) is 17.4. The molecule has 0 bridgehead atoms. The lowest BCUT2D eigenvalue weighted by molar-refractivity contribution is 0.246. The first-order valence-corrected chi connectivity index (χ1v) is 10.2. The van der Waals surface area contributed by atoms with Crippen molar-refractivity contribution in [3.05, 3.63) is 52.9 Å². The third-order valence-corrected chi connectivity index (χ3v) is 7.13.